The molecule has 0 aromatic heterocycles. The van der Waals surface area contributed by atoms with E-state index in [0.29, 0.717) is 29.8 Å². The van der Waals surface area contributed by atoms with E-state index in [2.05, 4.69) is 0 Å². The van der Waals surface area contributed by atoms with E-state index in [9.17, 15) is 9.59 Å². The zero-order chi connectivity index (χ0) is 23.7. The van der Waals surface area contributed by atoms with Crippen molar-refractivity contribution in [3.05, 3.63) is 87.9 Å². The third kappa shape index (κ3) is 4.40. The number of esters is 1. The molecule has 0 unspecified atom stereocenters. The number of ether oxygens (including phenoxy) is 2. The van der Waals surface area contributed by atoms with Crippen LogP contribution in [0.2, 0.25) is 5.02 Å². The number of benzene rings is 3. The molecule has 174 valence electrons. The largest absolute Gasteiger partial charge is 0.489 e. The molecule has 1 amide bonds. The molecule has 0 N–H and O–H groups in total. The van der Waals surface area contributed by atoms with Crippen LogP contribution in [0.25, 0.3) is 11.1 Å². The van der Waals surface area contributed by atoms with Gasteiger partial charge in [0.2, 0.25) is 0 Å². The van der Waals surface area contributed by atoms with Gasteiger partial charge in [0.05, 0.1) is 17.7 Å². The lowest BCUT2D eigenvalue weighted by atomic mass is 10.0. The number of halogens is 1. The maximum absolute atomic E-state index is 12.8. The lowest BCUT2D eigenvalue weighted by Gasteiger charge is -2.23. The Bertz CT molecular complexity index is 1250. The van der Waals surface area contributed by atoms with E-state index in [1.165, 1.54) is 20.0 Å². The minimum Gasteiger partial charge on any atom is -0.489 e. The molecular weight excluding hydrogens is 450 g/mol. The van der Waals surface area contributed by atoms with Crippen molar-refractivity contribution in [1.82, 2.24) is 4.90 Å². The zero-order valence-electron chi connectivity index (χ0n) is 19.1. The predicted octanol–water partition coefficient (Wildman–Crippen LogP) is 6.27. The third-order valence-corrected chi connectivity index (χ3v) is 7.04. The van der Waals surface area contributed by atoms with Crippen molar-refractivity contribution in [3.63, 3.8) is 0 Å². The first-order chi connectivity index (χ1) is 16.5. The summed E-state index contributed by atoms with van der Waals surface area (Å²) < 4.78 is 10.9. The van der Waals surface area contributed by atoms with Gasteiger partial charge in [0.15, 0.2) is 0 Å². The monoisotopic (exact) mass is 475 g/mol. The van der Waals surface area contributed by atoms with E-state index in [0.717, 1.165) is 46.4 Å². The van der Waals surface area contributed by atoms with E-state index >= 15 is 0 Å². The van der Waals surface area contributed by atoms with Gasteiger partial charge in [-0.3, -0.25) is 4.79 Å². The van der Waals surface area contributed by atoms with Crippen molar-refractivity contribution >= 4 is 23.5 Å². The summed E-state index contributed by atoms with van der Waals surface area (Å²) in [5.74, 6) is 0.438. The highest BCUT2D eigenvalue weighted by atomic mass is 35.5. The topological polar surface area (TPSA) is 55.8 Å². The van der Waals surface area contributed by atoms with Gasteiger partial charge in [0.1, 0.15) is 12.4 Å². The van der Waals surface area contributed by atoms with E-state index in [1.807, 2.05) is 53.4 Å². The first kappa shape index (κ1) is 22.5. The molecule has 1 heterocycles. The smallest absolute Gasteiger partial charge is 0.339 e. The summed E-state index contributed by atoms with van der Waals surface area (Å²) in [5, 5.41) is 0.358. The molecule has 5 rings (SSSR count). The highest BCUT2D eigenvalue weighted by molar-refractivity contribution is 6.33. The second-order valence-corrected chi connectivity index (χ2v) is 9.27. The van der Waals surface area contributed by atoms with Crippen LogP contribution in [-0.2, 0) is 17.9 Å². The fourth-order valence-electron chi connectivity index (χ4n) is 4.90. The lowest BCUT2D eigenvalue weighted by Crippen LogP contribution is -2.33. The summed E-state index contributed by atoms with van der Waals surface area (Å²) in [5.41, 5.74) is 4.99. The van der Waals surface area contributed by atoms with Gasteiger partial charge in [-0.15, -0.1) is 0 Å². The van der Waals surface area contributed by atoms with E-state index in [4.69, 9.17) is 21.1 Å². The molecule has 5 nitrogen and oxygen atoms in total. The molecule has 34 heavy (non-hydrogen) atoms. The van der Waals surface area contributed by atoms with Crippen LogP contribution in [0.3, 0.4) is 0 Å². The van der Waals surface area contributed by atoms with Gasteiger partial charge < -0.3 is 14.4 Å². The number of hydrogen-bond acceptors (Lipinski definition) is 4. The van der Waals surface area contributed by atoms with Crippen molar-refractivity contribution in [2.24, 2.45) is 0 Å². The summed E-state index contributed by atoms with van der Waals surface area (Å²) in [4.78, 5) is 26.8. The van der Waals surface area contributed by atoms with E-state index < -0.39 is 5.97 Å². The van der Waals surface area contributed by atoms with E-state index in [1.54, 1.807) is 12.1 Å². The highest BCUT2D eigenvalue weighted by Crippen LogP contribution is 2.33. The Balaban J connectivity index is 1.29. The number of nitrogens with zero attached hydrogens (tertiary/aromatic N) is 1. The van der Waals surface area contributed by atoms with Crippen LogP contribution >= 0.6 is 11.6 Å². The number of hydrogen-bond donors (Lipinski definition) is 0. The molecule has 1 fully saturated rings. The van der Waals surface area contributed by atoms with Gasteiger partial charge in [-0.1, -0.05) is 48.7 Å². The molecule has 0 spiro atoms. The number of amides is 1. The van der Waals surface area contributed by atoms with Gasteiger partial charge in [0.25, 0.3) is 5.91 Å². The quantitative estimate of drug-likeness (QED) is 0.394. The summed E-state index contributed by atoms with van der Waals surface area (Å²) >= 11 is 6.16. The minimum atomic E-state index is -0.465. The molecule has 3 aromatic carbocycles. The molecular formula is C28H26ClNO4. The first-order valence-electron chi connectivity index (χ1n) is 11.6. The number of carbonyl (C=O) groups is 2. The zero-order valence-corrected chi connectivity index (χ0v) is 19.8. The molecule has 1 saturated carbocycles. The van der Waals surface area contributed by atoms with Crippen LogP contribution in [0.4, 0.5) is 0 Å². The molecule has 0 radical (unpaired) electrons. The Labute approximate surface area is 204 Å². The Morgan fingerprint density at radius 1 is 1.03 bits per heavy atom. The van der Waals surface area contributed by atoms with Crippen molar-refractivity contribution < 1.29 is 19.1 Å². The normalized spacial score (nSPS) is 15.5. The van der Waals surface area contributed by atoms with Crippen molar-refractivity contribution in [2.45, 2.75) is 44.9 Å². The summed E-state index contributed by atoms with van der Waals surface area (Å²) in [6.07, 6.45) is 4.62. The minimum absolute atomic E-state index is 0.149. The number of rotatable bonds is 6. The standard InChI is InChI=1S/C28H26ClNO4/c1-33-28(32)25-15-20(9-12-26(25)29)19-6-4-5-18(13-19)17-34-23-10-11-24-21(14-23)16-30(27(24)31)22-7-2-3-8-22/h4-6,9-15,22H,2-3,7-8,16-17H2,1H3. The van der Waals surface area contributed by atoms with Crippen molar-refractivity contribution in [1.29, 1.82) is 0 Å². The number of methoxy groups -OCH3 is 1. The van der Waals surface area contributed by atoms with Crippen molar-refractivity contribution in [3.8, 4) is 16.9 Å². The Kier molecular flexibility index (Phi) is 6.29. The first-order valence-corrected chi connectivity index (χ1v) is 11.9. The maximum Gasteiger partial charge on any atom is 0.339 e. The van der Waals surface area contributed by atoms with Gasteiger partial charge in [0, 0.05) is 18.2 Å². The van der Waals surface area contributed by atoms with Gasteiger partial charge in [-0.05, 0) is 71.5 Å². The lowest BCUT2D eigenvalue weighted by molar-refractivity contribution is 0.0600. The van der Waals surface area contributed by atoms with Crippen LogP contribution in [0, 0.1) is 0 Å². The average molecular weight is 476 g/mol. The van der Waals surface area contributed by atoms with Gasteiger partial charge in [-0.2, -0.15) is 0 Å². The Morgan fingerprint density at radius 2 is 1.82 bits per heavy atom. The molecule has 3 aromatic rings. The fraction of sp³-hybridized carbons (Fsp3) is 0.286. The third-order valence-electron chi connectivity index (χ3n) is 6.71. The van der Waals surface area contributed by atoms with Crippen molar-refractivity contribution in [2.75, 3.05) is 7.11 Å². The Hall–Kier alpha value is -3.31. The summed E-state index contributed by atoms with van der Waals surface area (Å²) in [7, 11) is 1.34. The van der Waals surface area contributed by atoms with Crippen LogP contribution in [-0.4, -0.2) is 29.9 Å². The molecule has 6 heteroatoms. The highest BCUT2D eigenvalue weighted by Gasteiger charge is 2.34. The van der Waals surface area contributed by atoms with Gasteiger partial charge >= 0.3 is 5.97 Å². The van der Waals surface area contributed by atoms with Crippen LogP contribution in [0.1, 0.15) is 57.5 Å². The molecule has 0 atom stereocenters. The van der Waals surface area contributed by atoms with Crippen LogP contribution in [0.5, 0.6) is 5.75 Å². The van der Waals surface area contributed by atoms with E-state index in [-0.39, 0.29) is 5.91 Å². The summed E-state index contributed by atoms with van der Waals surface area (Å²) in [6, 6.07) is 19.4. The molecule has 0 bridgehead atoms. The SMILES string of the molecule is COC(=O)c1cc(-c2cccc(COc3ccc4c(c3)CN(C3CCCC3)C4=O)c2)ccc1Cl. The number of carbonyl (C=O) groups excluding carboxylic acids is 2. The Morgan fingerprint density at radius 3 is 2.62 bits per heavy atom. The second-order valence-electron chi connectivity index (χ2n) is 8.87. The predicted molar refractivity (Wildman–Crippen MR) is 131 cm³/mol. The molecule has 2 aliphatic rings. The average Bonchev–Trinajstić information content (AvgIpc) is 3.51. The van der Waals surface area contributed by atoms with Gasteiger partial charge in [-0.25, -0.2) is 4.79 Å². The maximum atomic E-state index is 12.8. The molecule has 0 saturated heterocycles. The van der Waals surface area contributed by atoms with Crippen LogP contribution < -0.4 is 4.74 Å². The molecule has 1 aliphatic carbocycles. The molecule has 1 aliphatic heterocycles. The number of fused-ring (bicyclic) bond motifs is 1. The van der Waals surface area contributed by atoms with Crippen LogP contribution in [0.15, 0.2) is 60.7 Å². The summed E-state index contributed by atoms with van der Waals surface area (Å²) in [6.45, 7) is 1.06. The fourth-order valence-corrected chi connectivity index (χ4v) is 5.09. The second kappa shape index (κ2) is 9.51.